The highest BCUT2D eigenvalue weighted by Gasteiger charge is 2.25. The molecule has 0 radical (unpaired) electrons. The molecule has 1 aromatic carbocycles. The van der Waals surface area contributed by atoms with Crippen LogP contribution in [-0.2, 0) is 31.8 Å². The van der Waals surface area contributed by atoms with E-state index in [-0.39, 0.29) is 5.75 Å². The van der Waals surface area contributed by atoms with Gasteiger partial charge in [0.1, 0.15) is 0 Å². The number of benzene rings is 1. The summed E-state index contributed by atoms with van der Waals surface area (Å²) in [6.07, 6.45) is 2.00. The predicted molar refractivity (Wildman–Crippen MR) is 120 cm³/mol. The molecule has 2 rings (SSSR count). The Hall–Kier alpha value is -1.68. The van der Waals surface area contributed by atoms with Crippen molar-refractivity contribution in [2.75, 3.05) is 52.6 Å². The van der Waals surface area contributed by atoms with Crippen LogP contribution in [0, 0.1) is 0 Å². The number of nitrogens with zero attached hydrogens (tertiary/aromatic N) is 2. The summed E-state index contributed by atoms with van der Waals surface area (Å²) in [7, 11) is -3.37. The highest BCUT2D eigenvalue weighted by Crippen LogP contribution is 2.17. The zero-order valence-corrected chi connectivity index (χ0v) is 19.0. The van der Waals surface area contributed by atoms with Crippen molar-refractivity contribution < 1.29 is 17.9 Å². The van der Waals surface area contributed by atoms with E-state index in [2.05, 4.69) is 15.6 Å². The number of nitrogens with one attached hydrogen (secondary N) is 2. The summed E-state index contributed by atoms with van der Waals surface area (Å²) in [6, 6.07) is 7.61. The summed E-state index contributed by atoms with van der Waals surface area (Å²) in [5.41, 5.74) is 1.71. The summed E-state index contributed by atoms with van der Waals surface area (Å²) in [5, 5.41) is 6.57. The molecule has 1 aromatic rings. The van der Waals surface area contributed by atoms with E-state index in [1.54, 1.807) is 0 Å². The van der Waals surface area contributed by atoms with Gasteiger partial charge in [-0.2, -0.15) is 4.31 Å². The lowest BCUT2D eigenvalue weighted by molar-refractivity contribution is 0.0729. The summed E-state index contributed by atoms with van der Waals surface area (Å²) in [4.78, 5) is 4.66. The molecule has 8 nitrogen and oxygen atoms in total. The van der Waals surface area contributed by atoms with Crippen LogP contribution >= 0.6 is 0 Å². The Bertz CT molecular complexity index is 749. The SMILES string of the molecule is CCNC(=NCc1ccccc1CS(=O)(=O)N1CCOCC1)NCCCCOCC. The zero-order chi connectivity index (χ0) is 21.7. The van der Waals surface area contributed by atoms with Gasteiger partial charge in [-0.3, -0.25) is 0 Å². The molecule has 9 heteroatoms. The maximum absolute atomic E-state index is 12.8. The minimum absolute atomic E-state index is 0.0138. The molecule has 2 N–H and O–H groups in total. The van der Waals surface area contributed by atoms with Crippen molar-refractivity contribution in [2.24, 2.45) is 4.99 Å². The zero-order valence-electron chi connectivity index (χ0n) is 18.2. The van der Waals surface area contributed by atoms with Crippen molar-refractivity contribution in [1.82, 2.24) is 14.9 Å². The van der Waals surface area contributed by atoms with E-state index in [4.69, 9.17) is 9.47 Å². The molecule has 1 saturated heterocycles. The molecule has 0 atom stereocenters. The standard InChI is InChI=1S/C21H36N4O4S/c1-3-22-21(23-11-7-8-14-28-4-2)24-17-19-9-5-6-10-20(19)18-30(26,27)25-12-15-29-16-13-25/h5-6,9-10H,3-4,7-8,11-18H2,1-2H3,(H2,22,23,24). The van der Waals surface area contributed by atoms with E-state index in [0.29, 0.717) is 32.8 Å². The quantitative estimate of drug-likeness (QED) is 0.292. The van der Waals surface area contributed by atoms with Crippen LogP contribution in [0.4, 0.5) is 0 Å². The Morgan fingerprint density at radius 2 is 1.87 bits per heavy atom. The molecule has 170 valence electrons. The van der Waals surface area contributed by atoms with Gasteiger partial charge in [0.2, 0.25) is 10.0 Å². The molecule has 0 aliphatic carbocycles. The van der Waals surface area contributed by atoms with Gasteiger partial charge in [0.25, 0.3) is 0 Å². The lowest BCUT2D eigenvalue weighted by atomic mass is 10.1. The Morgan fingerprint density at radius 3 is 2.57 bits per heavy atom. The molecule has 0 saturated carbocycles. The number of unbranched alkanes of at least 4 members (excludes halogenated alkanes) is 1. The van der Waals surface area contributed by atoms with Crippen molar-refractivity contribution in [3.05, 3.63) is 35.4 Å². The molecule has 1 aliphatic heterocycles. The number of sulfonamides is 1. The topological polar surface area (TPSA) is 92.3 Å². The average Bonchev–Trinajstić information content (AvgIpc) is 2.75. The summed E-state index contributed by atoms with van der Waals surface area (Å²) >= 11 is 0. The fourth-order valence-electron chi connectivity index (χ4n) is 3.15. The maximum atomic E-state index is 12.8. The van der Waals surface area contributed by atoms with E-state index < -0.39 is 10.0 Å². The molecule has 1 fully saturated rings. The van der Waals surface area contributed by atoms with Crippen LogP contribution in [-0.4, -0.2) is 71.3 Å². The van der Waals surface area contributed by atoms with Gasteiger partial charge in [0, 0.05) is 39.4 Å². The third kappa shape index (κ3) is 8.59. The Morgan fingerprint density at radius 1 is 1.13 bits per heavy atom. The first-order valence-corrected chi connectivity index (χ1v) is 12.4. The van der Waals surface area contributed by atoms with E-state index in [9.17, 15) is 8.42 Å². The fourth-order valence-corrected chi connectivity index (χ4v) is 4.71. The molecular weight excluding hydrogens is 404 g/mol. The number of morpholine rings is 1. The van der Waals surface area contributed by atoms with Crippen molar-refractivity contribution >= 4 is 16.0 Å². The monoisotopic (exact) mass is 440 g/mol. The van der Waals surface area contributed by atoms with Crippen LogP contribution in [0.25, 0.3) is 0 Å². The maximum Gasteiger partial charge on any atom is 0.218 e. The molecule has 30 heavy (non-hydrogen) atoms. The molecule has 0 amide bonds. The van der Waals surface area contributed by atoms with E-state index in [1.807, 2.05) is 38.1 Å². The smallest absolute Gasteiger partial charge is 0.218 e. The van der Waals surface area contributed by atoms with Crippen molar-refractivity contribution in [3.8, 4) is 0 Å². The van der Waals surface area contributed by atoms with Crippen molar-refractivity contribution in [3.63, 3.8) is 0 Å². The summed E-state index contributed by atoms with van der Waals surface area (Å²) < 4.78 is 37.7. The van der Waals surface area contributed by atoms with Gasteiger partial charge < -0.3 is 20.1 Å². The van der Waals surface area contributed by atoms with Crippen LogP contribution in [0.1, 0.15) is 37.8 Å². The van der Waals surface area contributed by atoms with Crippen LogP contribution in [0.2, 0.25) is 0 Å². The normalized spacial score (nSPS) is 15.9. The number of hydrogen-bond donors (Lipinski definition) is 2. The highest BCUT2D eigenvalue weighted by molar-refractivity contribution is 7.88. The number of ether oxygens (including phenoxy) is 2. The first kappa shape index (κ1) is 24.6. The third-order valence-corrected chi connectivity index (χ3v) is 6.61. The molecule has 1 heterocycles. The van der Waals surface area contributed by atoms with Gasteiger partial charge >= 0.3 is 0 Å². The Kier molecular flexibility index (Phi) is 11.1. The van der Waals surface area contributed by atoms with Gasteiger partial charge in [0.05, 0.1) is 25.5 Å². The number of aliphatic imine (C=N–C) groups is 1. The first-order chi connectivity index (χ1) is 14.6. The van der Waals surface area contributed by atoms with E-state index in [1.165, 1.54) is 4.31 Å². The van der Waals surface area contributed by atoms with Gasteiger partial charge in [-0.1, -0.05) is 24.3 Å². The van der Waals surface area contributed by atoms with Gasteiger partial charge in [0.15, 0.2) is 5.96 Å². The van der Waals surface area contributed by atoms with Gasteiger partial charge in [-0.15, -0.1) is 0 Å². The van der Waals surface area contributed by atoms with Gasteiger partial charge in [-0.25, -0.2) is 13.4 Å². The molecule has 0 bridgehead atoms. The number of hydrogen-bond acceptors (Lipinski definition) is 5. The Balaban J connectivity index is 1.97. The lowest BCUT2D eigenvalue weighted by Crippen LogP contribution is -2.41. The molecule has 1 aliphatic rings. The number of guanidine groups is 1. The van der Waals surface area contributed by atoms with E-state index >= 15 is 0 Å². The minimum atomic E-state index is -3.37. The first-order valence-electron chi connectivity index (χ1n) is 10.8. The molecule has 0 unspecified atom stereocenters. The minimum Gasteiger partial charge on any atom is -0.382 e. The molecular formula is C21H36N4O4S. The van der Waals surface area contributed by atoms with E-state index in [0.717, 1.165) is 56.2 Å². The second-order valence-corrected chi connectivity index (χ2v) is 9.03. The number of rotatable bonds is 12. The van der Waals surface area contributed by atoms with Gasteiger partial charge in [-0.05, 0) is 37.8 Å². The van der Waals surface area contributed by atoms with Crippen molar-refractivity contribution in [1.29, 1.82) is 0 Å². The van der Waals surface area contributed by atoms with Crippen molar-refractivity contribution in [2.45, 2.75) is 39.0 Å². The second kappa shape index (κ2) is 13.6. The summed E-state index contributed by atoms with van der Waals surface area (Å²) in [6.45, 7) is 9.27. The Labute approximate surface area is 181 Å². The van der Waals surface area contributed by atoms with Crippen LogP contribution in [0.5, 0.6) is 0 Å². The largest absolute Gasteiger partial charge is 0.382 e. The van der Waals surface area contributed by atoms with Crippen LogP contribution in [0.3, 0.4) is 0 Å². The second-order valence-electron chi connectivity index (χ2n) is 7.06. The summed E-state index contributed by atoms with van der Waals surface area (Å²) in [5.74, 6) is 0.722. The average molecular weight is 441 g/mol. The van der Waals surface area contributed by atoms with Crippen LogP contribution in [0.15, 0.2) is 29.3 Å². The predicted octanol–water partition coefficient (Wildman–Crippen LogP) is 1.72. The fraction of sp³-hybridized carbons (Fsp3) is 0.667. The lowest BCUT2D eigenvalue weighted by Gasteiger charge is -2.26. The molecule has 0 spiro atoms. The highest BCUT2D eigenvalue weighted by atomic mass is 32.2. The third-order valence-electron chi connectivity index (χ3n) is 4.78. The molecule has 0 aromatic heterocycles. The van der Waals surface area contributed by atoms with Crippen LogP contribution < -0.4 is 10.6 Å².